The Hall–Kier alpha value is -5.65. The van der Waals surface area contributed by atoms with E-state index in [1.807, 2.05) is 82.1 Å². The average Bonchev–Trinajstić information content (AvgIpc) is 1.57. The van der Waals surface area contributed by atoms with Crippen molar-refractivity contribution >= 4 is 40.6 Å². The zero-order valence-electron chi connectivity index (χ0n) is 50.0. The number of benzene rings is 1. The van der Waals surface area contributed by atoms with Gasteiger partial charge in [0.05, 0.1) is 51.4 Å². The number of H-pyrrole nitrogens is 1. The Kier molecular flexibility index (Phi) is 20.1. The van der Waals surface area contributed by atoms with Crippen molar-refractivity contribution < 1.29 is 72.8 Å². The van der Waals surface area contributed by atoms with E-state index in [1.54, 1.807) is 13.4 Å². The normalized spacial score (nSPS) is 32.3. The Morgan fingerprint density at radius 3 is 2.43 bits per heavy atom. The van der Waals surface area contributed by atoms with E-state index in [0.717, 1.165) is 22.0 Å². The third-order valence-electron chi connectivity index (χ3n) is 19.0. The predicted octanol–water partition coefficient (Wildman–Crippen LogP) is 3.82. The molecule has 7 unspecified atom stereocenters. The number of allylic oxidation sites excluding steroid dienone is 3. The Balaban J connectivity index is 1.05. The zero-order chi connectivity index (χ0) is 60.1. The molecule has 4 fully saturated rings. The Morgan fingerprint density at radius 1 is 0.976 bits per heavy atom. The molecule has 2 amide bonds. The van der Waals surface area contributed by atoms with E-state index < -0.39 is 93.8 Å². The standard InChI is InChI=1S/C62H90N6O15/c1-10-42(35-69)83-50(79-8)37-82-49(71)22-16-21-48(70)64-39(5)52(72)81-30-18-26-63-56(74)62(77)54-60(25-29-68-27-17-24-59(13-4,53(60)68)55(62)73)45(47(11-2)66(54)6)31-41(36-78-7)61(57(75)80-9)33-40-32-58(76,12-3)38-67(34-40)28-23-44-43-19-14-15-20-46(43)65-51(44)61/h11,14-15,17,19-20,24,31,36,39-40,42,50,53-55,65,69,73,76-77H,10,12-13,16,18,21-23,25-30,32-35,37-38H2,1-9H3,(H,63,74)(H,64,70)/b41-36-,45-31+,47-11?/t39-,40?,42?,50?,53?,54?,55-,58?,59-,60-,61+,62+/m1/s1. The van der Waals surface area contributed by atoms with E-state index in [-0.39, 0.29) is 64.4 Å². The molecule has 2 aromatic rings. The minimum atomic E-state index is -2.43. The lowest BCUT2D eigenvalue weighted by Gasteiger charge is -2.63. The maximum absolute atomic E-state index is 15.5. The van der Waals surface area contributed by atoms with Gasteiger partial charge in [-0.15, -0.1) is 0 Å². The number of carbonyl (C=O) groups is 5. The first kappa shape index (κ1) is 63.4. The number of fused-ring (bicyclic) bond motifs is 5. The molecule has 2 bridgehead atoms. The molecule has 6 aliphatic rings. The molecular weight excluding hydrogens is 1070 g/mol. The molecule has 83 heavy (non-hydrogen) atoms. The van der Waals surface area contributed by atoms with Gasteiger partial charge in [0.25, 0.3) is 5.91 Å². The number of aliphatic hydroxyl groups excluding tert-OH is 2. The first-order valence-electron chi connectivity index (χ1n) is 29.8. The molecule has 458 valence electrons. The smallest absolute Gasteiger partial charge is 0.328 e. The molecule has 5 aliphatic heterocycles. The van der Waals surface area contributed by atoms with Crippen molar-refractivity contribution in [3.8, 4) is 0 Å². The number of hydrogen-bond donors (Lipinski definition) is 7. The van der Waals surface area contributed by atoms with E-state index in [2.05, 4.69) is 31.5 Å². The van der Waals surface area contributed by atoms with E-state index >= 15 is 9.59 Å². The largest absolute Gasteiger partial charge is 0.504 e. The Bertz CT molecular complexity index is 2810. The summed E-state index contributed by atoms with van der Waals surface area (Å²) in [5.74, 6) is -3.21. The van der Waals surface area contributed by atoms with Gasteiger partial charge in [0.1, 0.15) is 24.2 Å². The summed E-state index contributed by atoms with van der Waals surface area (Å²) in [6.45, 7) is 11.6. The number of nitrogens with zero attached hydrogens (tertiary/aromatic N) is 3. The van der Waals surface area contributed by atoms with Gasteiger partial charge < -0.3 is 69.4 Å². The van der Waals surface area contributed by atoms with Crippen LogP contribution in [0.25, 0.3) is 10.9 Å². The minimum absolute atomic E-state index is 0.0378. The molecule has 1 aliphatic carbocycles. The second kappa shape index (κ2) is 26.3. The summed E-state index contributed by atoms with van der Waals surface area (Å²) in [6, 6.07) is 5.57. The lowest BCUT2D eigenvalue weighted by molar-refractivity contribution is -0.222. The fraction of sp³-hybridized carbons (Fsp3) is 0.661. The number of piperidine rings is 1. The number of amides is 2. The fourth-order valence-corrected chi connectivity index (χ4v) is 15.2. The van der Waals surface area contributed by atoms with Crippen LogP contribution in [0, 0.1) is 16.7 Å². The molecule has 8 rings (SSSR count). The Morgan fingerprint density at radius 2 is 1.75 bits per heavy atom. The van der Waals surface area contributed by atoms with Crippen LogP contribution < -0.4 is 10.6 Å². The van der Waals surface area contributed by atoms with Crippen molar-refractivity contribution in [2.24, 2.45) is 16.7 Å². The van der Waals surface area contributed by atoms with Gasteiger partial charge in [0.15, 0.2) is 11.9 Å². The monoisotopic (exact) mass is 1160 g/mol. The van der Waals surface area contributed by atoms with Gasteiger partial charge >= 0.3 is 17.9 Å². The summed E-state index contributed by atoms with van der Waals surface area (Å²) >= 11 is 0. The number of aromatic amines is 1. The molecule has 21 nitrogen and oxygen atoms in total. The molecule has 13 atom stereocenters. The van der Waals surface area contributed by atoms with E-state index in [9.17, 15) is 34.8 Å². The third-order valence-corrected chi connectivity index (χ3v) is 19.0. The molecule has 21 heteroatoms. The number of rotatable bonds is 24. The topological polar surface area (TPSA) is 271 Å². The van der Waals surface area contributed by atoms with Gasteiger partial charge in [-0.1, -0.05) is 57.2 Å². The van der Waals surface area contributed by atoms with Gasteiger partial charge in [-0.2, -0.15) is 0 Å². The molecule has 1 aromatic heterocycles. The number of carbonyl (C=O) groups excluding carboxylic acids is 5. The number of methoxy groups -OCH3 is 3. The van der Waals surface area contributed by atoms with Crippen molar-refractivity contribution in [1.29, 1.82) is 0 Å². The van der Waals surface area contributed by atoms with Gasteiger partial charge in [0, 0.05) is 104 Å². The summed E-state index contributed by atoms with van der Waals surface area (Å²) in [5.41, 5.74) is -2.58. The lowest BCUT2D eigenvalue weighted by atomic mass is 9.47. The van der Waals surface area contributed by atoms with Gasteiger partial charge in [-0.05, 0) is 107 Å². The molecule has 6 heterocycles. The first-order chi connectivity index (χ1) is 39.7. The summed E-state index contributed by atoms with van der Waals surface area (Å²) < 4.78 is 33.5. The summed E-state index contributed by atoms with van der Waals surface area (Å²) in [6.07, 6.45) is 10.1. The highest BCUT2D eigenvalue weighted by molar-refractivity contribution is 5.94. The number of esters is 3. The lowest BCUT2D eigenvalue weighted by Crippen LogP contribution is -2.80. The maximum atomic E-state index is 15.5. The van der Waals surface area contributed by atoms with Crippen LogP contribution in [-0.2, 0) is 64.2 Å². The number of aromatic nitrogens is 1. The van der Waals surface area contributed by atoms with Gasteiger partial charge in [-0.3, -0.25) is 29.0 Å². The number of likely N-dealkylation sites (tertiary alicyclic amines) is 1. The van der Waals surface area contributed by atoms with Crippen LogP contribution in [0.15, 0.2) is 71.7 Å². The SMILES string of the molecule is CC=C1/C(=C\C(=C\OC)[C@@]2(C(=O)OC)CC3CN(CCc4c2[nH]c2ccccc42)CC(O)(CC)C3)[C@]23CCN4CC=C[C@](CC)(C42)[C@@H](O)[C@](O)(C(=O)NCCCOC(=O)[C@@H](C)NC(=O)CCCC(=O)OCC(OC)OC(CC)CO)C3N1C. The fourth-order valence-electron chi connectivity index (χ4n) is 15.2. The highest BCUT2D eigenvalue weighted by Crippen LogP contribution is 2.69. The number of nitrogens with one attached hydrogen (secondary N) is 3. The van der Waals surface area contributed by atoms with Crippen molar-refractivity contribution in [1.82, 2.24) is 30.3 Å². The zero-order valence-corrected chi connectivity index (χ0v) is 50.0. The molecular formula is C62H90N6O15. The average molecular weight is 1160 g/mol. The maximum Gasteiger partial charge on any atom is 0.328 e. The van der Waals surface area contributed by atoms with Crippen molar-refractivity contribution in [3.05, 3.63) is 82.9 Å². The molecule has 7 N–H and O–H groups in total. The van der Waals surface area contributed by atoms with E-state index in [1.165, 1.54) is 21.1 Å². The second-order valence-electron chi connectivity index (χ2n) is 23.7. The summed E-state index contributed by atoms with van der Waals surface area (Å²) in [7, 11) is 6.19. The van der Waals surface area contributed by atoms with Crippen LogP contribution in [0.2, 0.25) is 0 Å². The number of ether oxygens (including phenoxy) is 6. The van der Waals surface area contributed by atoms with Crippen LogP contribution in [0.1, 0.15) is 110 Å². The number of likely N-dealkylation sites (N-methyl/N-ethyl adjacent to an activating group) is 1. The van der Waals surface area contributed by atoms with Crippen LogP contribution in [0.4, 0.5) is 0 Å². The van der Waals surface area contributed by atoms with Gasteiger partial charge in [-0.25, -0.2) is 4.79 Å². The third kappa shape index (κ3) is 11.6. The molecule has 1 spiro atoms. The second-order valence-corrected chi connectivity index (χ2v) is 23.7. The molecule has 1 saturated carbocycles. The number of para-hydroxylation sites is 1. The molecule has 1 aromatic carbocycles. The highest BCUT2D eigenvalue weighted by Gasteiger charge is 2.79. The van der Waals surface area contributed by atoms with Crippen molar-refractivity contribution in [3.63, 3.8) is 0 Å². The molecule has 0 radical (unpaired) electrons. The summed E-state index contributed by atoms with van der Waals surface area (Å²) in [5, 5.41) is 54.6. The number of hydrogen-bond acceptors (Lipinski definition) is 18. The minimum Gasteiger partial charge on any atom is -0.504 e. The predicted molar refractivity (Wildman–Crippen MR) is 308 cm³/mol. The quantitative estimate of drug-likeness (QED) is 0.0197. The van der Waals surface area contributed by atoms with Gasteiger partial charge in [0.2, 0.25) is 5.91 Å². The van der Waals surface area contributed by atoms with Crippen molar-refractivity contribution in [2.75, 3.05) is 87.5 Å². The van der Waals surface area contributed by atoms with Crippen LogP contribution >= 0.6 is 0 Å². The Labute approximate surface area is 487 Å². The highest BCUT2D eigenvalue weighted by atomic mass is 16.7. The molecule has 3 saturated heterocycles. The van der Waals surface area contributed by atoms with Crippen molar-refractivity contribution in [2.45, 2.75) is 158 Å². The van der Waals surface area contributed by atoms with E-state index in [4.69, 9.17) is 28.4 Å². The summed E-state index contributed by atoms with van der Waals surface area (Å²) in [4.78, 5) is 79.2. The number of aliphatic hydroxyl groups is 4. The van der Waals surface area contributed by atoms with Crippen LogP contribution in [-0.4, -0.2) is 205 Å². The first-order valence-corrected chi connectivity index (χ1v) is 29.8. The van der Waals surface area contributed by atoms with Crippen LogP contribution in [0.3, 0.4) is 0 Å². The van der Waals surface area contributed by atoms with E-state index in [0.29, 0.717) is 88.2 Å². The van der Waals surface area contributed by atoms with Crippen LogP contribution in [0.5, 0.6) is 0 Å².